The summed E-state index contributed by atoms with van der Waals surface area (Å²) in [6.07, 6.45) is 0. The highest BCUT2D eigenvalue weighted by Crippen LogP contribution is 2.27. The Balaban J connectivity index is 2.30. The number of hydrogen-bond acceptors (Lipinski definition) is 1. The predicted octanol–water partition coefficient (Wildman–Crippen LogP) is 4.50. The lowest BCUT2D eigenvalue weighted by Crippen LogP contribution is -2.35. The molecular formula is C18H19F2NO. The smallest absolute Gasteiger partial charge is 0.234 e. The van der Waals surface area contributed by atoms with Crippen molar-refractivity contribution < 1.29 is 13.6 Å². The monoisotopic (exact) mass is 303 g/mol. The van der Waals surface area contributed by atoms with Crippen molar-refractivity contribution in [3.63, 3.8) is 0 Å². The molecule has 0 bridgehead atoms. The molecule has 2 aromatic rings. The minimum atomic E-state index is -1.06. The lowest BCUT2D eigenvalue weighted by molar-refractivity contribution is -0.120. The molecule has 0 spiro atoms. The number of halogens is 2. The number of nitrogens with one attached hydrogen (secondary N) is 1. The van der Waals surface area contributed by atoms with Crippen LogP contribution in [0.25, 0.3) is 0 Å². The molecule has 2 rings (SSSR count). The number of hydrogen-bond donors (Lipinski definition) is 1. The van der Waals surface area contributed by atoms with Gasteiger partial charge in [0.25, 0.3) is 0 Å². The van der Waals surface area contributed by atoms with Gasteiger partial charge in [0.05, 0.1) is 5.41 Å². The normalized spacial score (nSPS) is 11.4. The summed E-state index contributed by atoms with van der Waals surface area (Å²) < 4.78 is 26.8. The zero-order valence-electron chi connectivity index (χ0n) is 13.1. The molecule has 0 aliphatic carbocycles. The van der Waals surface area contributed by atoms with Crippen molar-refractivity contribution in [3.05, 3.63) is 64.7 Å². The highest BCUT2D eigenvalue weighted by Gasteiger charge is 2.31. The average Bonchev–Trinajstić information content (AvgIpc) is 2.40. The van der Waals surface area contributed by atoms with Gasteiger partial charge in [-0.05, 0) is 57.0 Å². The van der Waals surface area contributed by atoms with Gasteiger partial charge in [-0.3, -0.25) is 4.79 Å². The Morgan fingerprint density at radius 2 is 1.59 bits per heavy atom. The van der Waals surface area contributed by atoms with E-state index in [0.29, 0.717) is 11.3 Å². The summed E-state index contributed by atoms with van der Waals surface area (Å²) >= 11 is 0. The Kier molecular flexibility index (Phi) is 4.31. The van der Waals surface area contributed by atoms with E-state index >= 15 is 0 Å². The molecule has 0 fully saturated rings. The summed E-state index contributed by atoms with van der Waals surface area (Å²) in [5.74, 6) is -1.70. The van der Waals surface area contributed by atoms with Gasteiger partial charge < -0.3 is 5.32 Å². The average molecular weight is 303 g/mol. The van der Waals surface area contributed by atoms with Crippen molar-refractivity contribution in [3.8, 4) is 0 Å². The van der Waals surface area contributed by atoms with E-state index < -0.39 is 17.0 Å². The van der Waals surface area contributed by atoms with E-state index in [1.807, 2.05) is 32.0 Å². The Labute approximate surface area is 129 Å². The zero-order valence-corrected chi connectivity index (χ0v) is 13.1. The SMILES string of the molecule is Cc1ccc(NC(=O)C(C)(C)c2cc(F)cc(F)c2)c(C)c1. The highest BCUT2D eigenvalue weighted by molar-refractivity contribution is 5.99. The molecule has 0 aliphatic rings. The Morgan fingerprint density at radius 1 is 1.00 bits per heavy atom. The number of carbonyl (C=O) groups excluding carboxylic acids is 1. The van der Waals surface area contributed by atoms with E-state index in [1.54, 1.807) is 13.8 Å². The van der Waals surface area contributed by atoms with Gasteiger partial charge >= 0.3 is 0 Å². The standard InChI is InChI=1S/C18H19F2NO/c1-11-5-6-16(12(2)7-11)21-17(22)18(3,4)13-8-14(19)10-15(20)9-13/h5-10H,1-4H3,(H,21,22). The van der Waals surface area contributed by atoms with Crippen LogP contribution in [0.1, 0.15) is 30.5 Å². The van der Waals surface area contributed by atoms with Crippen LogP contribution in [0.5, 0.6) is 0 Å². The van der Waals surface area contributed by atoms with Crippen LogP contribution in [-0.4, -0.2) is 5.91 Å². The molecule has 1 amide bonds. The van der Waals surface area contributed by atoms with Gasteiger partial charge in [-0.25, -0.2) is 8.78 Å². The topological polar surface area (TPSA) is 29.1 Å². The first-order chi connectivity index (χ1) is 10.2. The third kappa shape index (κ3) is 3.32. The van der Waals surface area contributed by atoms with Crippen molar-refractivity contribution in [2.24, 2.45) is 0 Å². The largest absolute Gasteiger partial charge is 0.325 e. The third-order valence-corrected chi connectivity index (χ3v) is 3.78. The van der Waals surface area contributed by atoms with Gasteiger partial charge in [0.1, 0.15) is 11.6 Å². The van der Waals surface area contributed by atoms with Crippen molar-refractivity contribution in [1.29, 1.82) is 0 Å². The second-order valence-electron chi connectivity index (χ2n) is 6.06. The van der Waals surface area contributed by atoms with E-state index in [1.165, 1.54) is 12.1 Å². The molecule has 2 aromatic carbocycles. The summed E-state index contributed by atoms with van der Waals surface area (Å²) in [7, 11) is 0. The third-order valence-electron chi connectivity index (χ3n) is 3.78. The number of carbonyl (C=O) groups is 1. The van der Waals surface area contributed by atoms with Crippen LogP contribution in [0.15, 0.2) is 36.4 Å². The first-order valence-electron chi connectivity index (χ1n) is 7.05. The summed E-state index contributed by atoms with van der Waals surface area (Å²) in [5.41, 5.74) is 1.98. The van der Waals surface area contributed by atoms with Crippen molar-refractivity contribution >= 4 is 11.6 Å². The van der Waals surface area contributed by atoms with Crippen LogP contribution < -0.4 is 5.32 Å². The van der Waals surface area contributed by atoms with Crippen LogP contribution in [0.3, 0.4) is 0 Å². The van der Waals surface area contributed by atoms with Crippen molar-refractivity contribution in [1.82, 2.24) is 0 Å². The van der Waals surface area contributed by atoms with Crippen LogP contribution in [-0.2, 0) is 10.2 Å². The molecule has 0 radical (unpaired) electrons. The number of rotatable bonds is 3. The molecule has 0 unspecified atom stereocenters. The van der Waals surface area contributed by atoms with Crippen molar-refractivity contribution in [2.75, 3.05) is 5.32 Å². The van der Waals surface area contributed by atoms with Crippen LogP contribution in [0.4, 0.5) is 14.5 Å². The van der Waals surface area contributed by atoms with Gasteiger partial charge in [-0.2, -0.15) is 0 Å². The number of anilines is 1. The maximum absolute atomic E-state index is 13.4. The van der Waals surface area contributed by atoms with Crippen LogP contribution in [0.2, 0.25) is 0 Å². The second-order valence-corrected chi connectivity index (χ2v) is 6.06. The fraction of sp³-hybridized carbons (Fsp3) is 0.278. The Morgan fingerprint density at radius 3 is 2.14 bits per heavy atom. The van der Waals surface area contributed by atoms with Gasteiger partial charge in [0, 0.05) is 11.8 Å². The second kappa shape index (κ2) is 5.87. The summed E-state index contributed by atoms with van der Waals surface area (Å²) in [6, 6.07) is 8.85. The van der Waals surface area contributed by atoms with Gasteiger partial charge in [0.15, 0.2) is 0 Å². The Bertz CT molecular complexity index is 703. The quantitative estimate of drug-likeness (QED) is 0.889. The number of benzene rings is 2. The van der Waals surface area contributed by atoms with Crippen LogP contribution >= 0.6 is 0 Å². The number of aryl methyl sites for hydroxylation is 2. The van der Waals surface area contributed by atoms with Gasteiger partial charge in [-0.15, -0.1) is 0 Å². The maximum atomic E-state index is 13.4. The van der Waals surface area contributed by atoms with Gasteiger partial charge in [0.2, 0.25) is 5.91 Å². The minimum Gasteiger partial charge on any atom is -0.325 e. The molecule has 0 saturated heterocycles. The fourth-order valence-corrected chi connectivity index (χ4v) is 2.28. The molecule has 116 valence electrons. The molecule has 0 heterocycles. The van der Waals surface area contributed by atoms with E-state index in [-0.39, 0.29) is 5.91 Å². The Hall–Kier alpha value is -2.23. The summed E-state index contributed by atoms with van der Waals surface area (Å²) in [4.78, 5) is 12.5. The lowest BCUT2D eigenvalue weighted by Gasteiger charge is -2.25. The molecular weight excluding hydrogens is 284 g/mol. The van der Waals surface area contributed by atoms with E-state index in [2.05, 4.69) is 5.32 Å². The van der Waals surface area contributed by atoms with E-state index in [4.69, 9.17) is 0 Å². The maximum Gasteiger partial charge on any atom is 0.234 e. The molecule has 0 aliphatic heterocycles. The first kappa shape index (κ1) is 16.1. The van der Waals surface area contributed by atoms with E-state index in [9.17, 15) is 13.6 Å². The zero-order chi connectivity index (χ0) is 16.5. The molecule has 2 nitrogen and oxygen atoms in total. The summed E-state index contributed by atoms with van der Waals surface area (Å²) in [6.45, 7) is 7.15. The van der Waals surface area contributed by atoms with Crippen molar-refractivity contribution in [2.45, 2.75) is 33.1 Å². The molecule has 0 aromatic heterocycles. The molecule has 0 saturated carbocycles. The number of amides is 1. The molecule has 1 N–H and O–H groups in total. The summed E-state index contributed by atoms with van der Waals surface area (Å²) in [5, 5.41) is 2.83. The van der Waals surface area contributed by atoms with Crippen LogP contribution in [0, 0.1) is 25.5 Å². The minimum absolute atomic E-state index is 0.298. The molecule has 22 heavy (non-hydrogen) atoms. The molecule has 4 heteroatoms. The fourth-order valence-electron chi connectivity index (χ4n) is 2.28. The lowest BCUT2D eigenvalue weighted by atomic mass is 9.83. The predicted molar refractivity (Wildman–Crippen MR) is 83.9 cm³/mol. The molecule has 0 atom stereocenters. The first-order valence-corrected chi connectivity index (χ1v) is 7.05. The van der Waals surface area contributed by atoms with Gasteiger partial charge in [-0.1, -0.05) is 17.7 Å². The highest BCUT2D eigenvalue weighted by atomic mass is 19.1. The van der Waals surface area contributed by atoms with E-state index in [0.717, 1.165) is 17.2 Å².